The van der Waals surface area contributed by atoms with Gasteiger partial charge in [-0.05, 0) is 43.4 Å². The Bertz CT molecular complexity index is 844. The topological polar surface area (TPSA) is 62.4 Å². The third-order valence-electron chi connectivity index (χ3n) is 5.04. The van der Waals surface area contributed by atoms with Gasteiger partial charge in [-0.15, -0.1) is 0 Å². The van der Waals surface area contributed by atoms with Gasteiger partial charge in [0.05, 0.1) is 12.6 Å². The van der Waals surface area contributed by atoms with E-state index in [2.05, 4.69) is 4.98 Å². The van der Waals surface area contributed by atoms with Gasteiger partial charge in [-0.1, -0.05) is 30.3 Å². The fraction of sp³-hybridized carbons (Fsp3) is 0.400. The smallest absolute Gasteiger partial charge is 0.261 e. The van der Waals surface area contributed by atoms with E-state index in [0.717, 1.165) is 36.1 Å². The van der Waals surface area contributed by atoms with Crippen LogP contribution in [0.1, 0.15) is 46.6 Å². The lowest BCUT2D eigenvalue weighted by atomic mass is 10.1. The second-order valence-electron chi connectivity index (χ2n) is 6.93. The Labute approximate surface area is 146 Å². The molecule has 2 heterocycles. The number of hydrogen-bond donors (Lipinski definition) is 1. The Hall–Kier alpha value is -2.40. The summed E-state index contributed by atoms with van der Waals surface area (Å²) in [6.07, 6.45) is 2.62. The first-order valence-corrected chi connectivity index (χ1v) is 8.86. The number of carbonyl (C=O) groups is 1. The number of aromatic nitrogens is 1. The molecule has 1 aromatic carbocycles. The van der Waals surface area contributed by atoms with Gasteiger partial charge in [0.2, 0.25) is 0 Å². The van der Waals surface area contributed by atoms with Crippen molar-refractivity contribution in [2.75, 3.05) is 13.1 Å². The second kappa shape index (κ2) is 6.48. The molecule has 1 fully saturated rings. The molecule has 1 amide bonds. The van der Waals surface area contributed by atoms with Gasteiger partial charge in [0.1, 0.15) is 11.7 Å². The first kappa shape index (κ1) is 16.1. The van der Waals surface area contributed by atoms with Crippen LogP contribution in [-0.2, 0) is 17.6 Å². The third kappa shape index (κ3) is 3.12. The molecule has 2 atom stereocenters. The predicted octanol–water partition coefficient (Wildman–Crippen LogP) is 2.47. The molecule has 2 aliphatic rings. The molecule has 4 rings (SSSR count). The minimum Gasteiger partial charge on any atom is -0.367 e. The molecule has 1 saturated heterocycles. The molecular formula is C20H22N2O3. The van der Waals surface area contributed by atoms with Crippen LogP contribution in [0.5, 0.6) is 0 Å². The largest absolute Gasteiger partial charge is 0.367 e. The first-order chi connectivity index (χ1) is 12.1. The van der Waals surface area contributed by atoms with E-state index in [-0.39, 0.29) is 29.2 Å². The van der Waals surface area contributed by atoms with E-state index in [1.165, 1.54) is 0 Å². The Morgan fingerprint density at radius 1 is 1.20 bits per heavy atom. The summed E-state index contributed by atoms with van der Waals surface area (Å²) in [5, 5.41) is 0. The molecule has 0 bridgehead atoms. The van der Waals surface area contributed by atoms with Crippen molar-refractivity contribution in [3.8, 4) is 0 Å². The predicted molar refractivity (Wildman–Crippen MR) is 94.7 cm³/mol. The highest BCUT2D eigenvalue weighted by Crippen LogP contribution is 2.26. The number of morpholine rings is 1. The van der Waals surface area contributed by atoms with E-state index in [1.54, 1.807) is 11.0 Å². The molecule has 0 saturated carbocycles. The number of aryl methyl sites for hydroxylation is 2. The number of carbonyl (C=O) groups excluding carboxylic acids is 1. The zero-order valence-electron chi connectivity index (χ0n) is 14.3. The summed E-state index contributed by atoms with van der Waals surface area (Å²) >= 11 is 0. The van der Waals surface area contributed by atoms with Crippen molar-refractivity contribution in [1.82, 2.24) is 9.88 Å². The fourth-order valence-electron chi connectivity index (χ4n) is 3.81. The number of nitrogens with one attached hydrogen (secondary N) is 1. The zero-order chi connectivity index (χ0) is 17.4. The third-order valence-corrected chi connectivity index (χ3v) is 5.04. The van der Waals surface area contributed by atoms with E-state index in [4.69, 9.17) is 4.74 Å². The number of benzene rings is 1. The SMILES string of the molecule is C[C@H]1CN(C(=O)c2cc3c([nH]c2=O)CCC3)C[C@H](c2ccccc2)O1. The molecular weight excluding hydrogens is 316 g/mol. The lowest BCUT2D eigenvalue weighted by molar-refractivity contribution is -0.0692. The fourth-order valence-corrected chi connectivity index (χ4v) is 3.81. The normalized spacial score (nSPS) is 22.7. The molecule has 1 aromatic heterocycles. The van der Waals surface area contributed by atoms with E-state index < -0.39 is 0 Å². The monoisotopic (exact) mass is 338 g/mol. The first-order valence-electron chi connectivity index (χ1n) is 8.86. The number of fused-ring (bicyclic) bond motifs is 1. The number of hydrogen-bond acceptors (Lipinski definition) is 3. The summed E-state index contributed by atoms with van der Waals surface area (Å²) in [7, 11) is 0. The Morgan fingerprint density at radius 2 is 2.00 bits per heavy atom. The van der Waals surface area contributed by atoms with Gasteiger partial charge in [-0.3, -0.25) is 9.59 Å². The maximum absolute atomic E-state index is 13.0. The lowest BCUT2D eigenvalue weighted by Crippen LogP contribution is -2.47. The number of aromatic amines is 1. The van der Waals surface area contributed by atoms with Crippen molar-refractivity contribution in [3.63, 3.8) is 0 Å². The lowest BCUT2D eigenvalue weighted by Gasteiger charge is -2.37. The van der Waals surface area contributed by atoms with Crippen LogP contribution in [0.15, 0.2) is 41.2 Å². The summed E-state index contributed by atoms with van der Waals surface area (Å²) < 4.78 is 6.01. The van der Waals surface area contributed by atoms with Crippen LogP contribution in [-0.4, -0.2) is 35.0 Å². The van der Waals surface area contributed by atoms with Crippen LogP contribution in [0.25, 0.3) is 0 Å². The Balaban J connectivity index is 1.60. The number of rotatable bonds is 2. The molecule has 130 valence electrons. The van der Waals surface area contributed by atoms with E-state index >= 15 is 0 Å². The highest BCUT2D eigenvalue weighted by molar-refractivity contribution is 5.94. The van der Waals surface area contributed by atoms with Crippen LogP contribution in [0.2, 0.25) is 0 Å². The van der Waals surface area contributed by atoms with Crippen molar-refractivity contribution in [3.05, 3.63) is 69.1 Å². The molecule has 1 aliphatic heterocycles. The van der Waals surface area contributed by atoms with Crippen molar-refractivity contribution < 1.29 is 9.53 Å². The van der Waals surface area contributed by atoms with Gasteiger partial charge < -0.3 is 14.6 Å². The number of pyridine rings is 1. The second-order valence-corrected chi connectivity index (χ2v) is 6.93. The van der Waals surface area contributed by atoms with E-state index in [1.807, 2.05) is 37.3 Å². The summed E-state index contributed by atoms with van der Waals surface area (Å²) in [5.74, 6) is -0.202. The van der Waals surface area contributed by atoms with Gasteiger partial charge >= 0.3 is 0 Å². The van der Waals surface area contributed by atoms with Crippen molar-refractivity contribution in [2.24, 2.45) is 0 Å². The maximum atomic E-state index is 13.0. The van der Waals surface area contributed by atoms with Crippen LogP contribution < -0.4 is 5.56 Å². The van der Waals surface area contributed by atoms with Gasteiger partial charge in [0.15, 0.2) is 0 Å². The van der Waals surface area contributed by atoms with Crippen molar-refractivity contribution in [2.45, 2.75) is 38.4 Å². The minimum absolute atomic E-state index is 0.0728. The molecule has 1 N–H and O–H groups in total. The molecule has 5 heteroatoms. The standard InChI is InChI=1S/C20H22N2O3/c1-13-11-22(12-18(25-13)14-6-3-2-4-7-14)20(24)16-10-15-8-5-9-17(15)21-19(16)23/h2-4,6-7,10,13,18H,5,8-9,11-12H2,1H3,(H,21,23)/t13-,18+/m0/s1. The van der Waals surface area contributed by atoms with Crippen LogP contribution in [0.4, 0.5) is 0 Å². The molecule has 1 aliphatic carbocycles. The van der Waals surface area contributed by atoms with E-state index in [0.29, 0.717) is 13.1 Å². The highest BCUT2D eigenvalue weighted by Gasteiger charge is 2.31. The zero-order valence-corrected chi connectivity index (χ0v) is 14.3. The molecule has 25 heavy (non-hydrogen) atoms. The van der Waals surface area contributed by atoms with Gasteiger partial charge in [-0.25, -0.2) is 0 Å². The summed E-state index contributed by atoms with van der Waals surface area (Å²) in [6, 6.07) is 11.7. The Kier molecular flexibility index (Phi) is 4.17. The van der Waals surface area contributed by atoms with E-state index in [9.17, 15) is 9.59 Å². The molecule has 5 nitrogen and oxygen atoms in total. The van der Waals surface area contributed by atoms with Gasteiger partial charge in [0, 0.05) is 12.2 Å². The average molecular weight is 338 g/mol. The van der Waals surface area contributed by atoms with Crippen LogP contribution in [0.3, 0.4) is 0 Å². The van der Waals surface area contributed by atoms with Crippen LogP contribution in [0, 0.1) is 0 Å². The summed E-state index contributed by atoms with van der Waals surface area (Å²) in [5.41, 5.74) is 3.11. The highest BCUT2D eigenvalue weighted by atomic mass is 16.5. The van der Waals surface area contributed by atoms with Gasteiger partial charge in [-0.2, -0.15) is 0 Å². The molecule has 0 radical (unpaired) electrons. The number of H-pyrrole nitrogens is 1. The molecule has 0 spiro atoms. The average Bonchev–Trinajstić information content (AvgIpc) is 3.08. The van der Waals surface area contributed by atoms with Gasteiger partial charge in [0.25, 0.3) is 11.5 Å². The number of amides is 1. The summed E-state index contributed by atoms with van der Waals surface area (Å²) in [4.78, 5) is 30.0. The number of nitrogens with zero attached hydrogens (tertiary/aromatic N) is 1. The quantitative estimate of drug-likeness (QED) is 0.915. The molecule has 2 aromatic rings. The summed E-state index contributed by atoms with van der Waals surface area (Å²) in [6.45, 7) is 2.92. The Morgan fingerprint density at radius 3 is 2.80 bits per heavy atom. The molecule has 0 unspecified atom stereocenters. The minimum atomic E-state index is -0.277. The number of ether oxygens (including phenoxy) is 1. The van der Waals surface area contributed by atoms with Crippen molar-refractivity contribution >= 4 is 5.91 Å². The maximum Gasteiger partial charge on any atom is 0.261 e. The van der Waals surface area contributed by atoms with Crippen LogP contribution >= 0.6 is 0 Å². The van der Waals surface area contributed by atoms with Crippen molar-refractivity contribution in [1.29, 1.82) is 0 Å².